The van der Waals surface area contributed by atoms with E-state index in [-0.39, 0.29) is 24.4 Å². The average molecular weight is 255 g/mol. The third-order valence-electron chi connectivity index (χ3n) is 1.53. The molecule has 1 amide bonds. The highest BCUT2D eigenvalue weighted by molar-refractivity contribution is 7.17. The number of hydrogen-bond acceptors (Lipinski definition) is 3. The van der Waals surface area contributed by atoms with Crippen LogP contribution in [0.25, 0.3) is 0 Å². The first-order valence-electron chi connectivity index (χ1n) is 3.89. The van der Waals surface area contributed by atoms with Crippen molar-refractivity contribution < 1.29 is 4.79 Å². The summed E-state index contributed by atoms with van der Waals surface area (Å²) in [7, 11) is 0. The molecule has 6 heteroatoms. The van der Waals surface area contributed by atoms with Crippen LogP contribution < -0.4 is 11.1 Å². The maximum Gasteiger partial charge on any atom is 0.261 e. The molecule has 1 aromatic heterocycles. The Labute approximate surface area is 98.0 Å². The van der Waals surface area contributed by atoms with E-state index in [4.69, 9.17) is 17.3 Å². The number of hydrogen-bond donors (Lipinski definition) is 2. The van der Waals surface area contributed by atoms with E-state index >= 15 is 0 Å². The van der Waals surface area contributed by atoms with Crippen molar-refractivity contribution in [3.8, 4) is 0 Å². The normalized spacial score (nSPS) is 11.6. The van der Waals surface area contributed by atoms with E-state index in [0.717, 1.165) is 0 Å². The van der Waals surface area contributed by atoms with Gasteiger partial charge in [-0.2, -0.15) is 0 Å². The van der Waals surface area contributed by atoms with E-state index in [2.05, 4.69) is 5.32 Å². The van der Waals surface area contributed by atoms with E-state index in [0.29, 0.717) is 15.8 Å². The summed E-state index contributed by atoms with van der Waals surface area (Å²) in [5, 5.41) is 2.75. The van der Waals surface area contributed by atoms with Crippen molar-refractivity contribution in [1.82, 2.24) is 5.32 Å². The first-order chi connectivity index (χ1) is 6.13. The second kappa shape index (κ2) is 6.24. The van der Waals surface area contributed by atoms with E-state index < -0.39 is 0 Å². The van der Waals surface area contributed by atoms with Crippen LogP contribution in [0.1, 0.15) is 16.6 Å². The number of halogens is 2. The van der Waals surface area contributed by atoms with Crippen LogP contribution in [0.4, 0.5) is 0 Å². The van der Waals surface area contributed by atoms with Crippen LogP contribution in [0.15, 0.2) is 12.1 Å². The van der Waals surface area contributed by atoms with Gasteiger partial charge in [-0.05, 0) is 19.1 Å². The Hall–Kier alpha value is -0.290. The van der Waals surface area contributed by atoms with Crippen molar-refractivity contribution in [2.24, 2.45) is 5.73 Å². The average Bonchev–Trinajstić information content (AvgIpc) is 2.51. The Morgan fingerprint density at radius 3 is 2.79 bits per heavy atom. The predicted octanol–water partition coefficient (Wildman–Crippen LogP) is 1.90. The summed E-state index contributed by atoms with van der Waals surface area (Å²) in [6, 6.07) is 3.40. The number of carbonyl (C=O) groups excluding carboxylic acids is 1. The maximum absolute atomic E-state index is 11.4. The Kier molecular flexibility index (Phi) is 6.11. The van der Waals surface area contributed by atoms with Crippen LogP contribution in [-0.2, 0) is 0 Å². The van der Waals surface area contributed by atoms with Gasteiger partial charge < -0.3 is 11.1 Å². The molecule has 0 unspecified atom stereocenters. The number of carbonyl (C=O) groups is 1. The highest BCUT2D eigenvalue weighted by Gasteiger charge is 2.10. The third-order valence-corrected chi connectivity index (χ3v) is 2.76. The Balaban J connectivity index is 0.00000169. The Morgan fingerprint density at radius 1 is 1.71 bits per heavy atom. The lowest BCUT2D eigenvalue weighted by Crippen LogP contribution is -2.37. The van der Waals surface area contributed by atoms with E-state index in [1.165, 1.54) is 11.3 Å². The number of thiophene rings is 1. The molecule has 1 heterocycles. The topological polar surface area (TPSA) is 55.1 Å². The van der Waals surface area contributed by atoms with E-state index in [9.17, 15) is 4.79 Å². The minimum atomic E-state index is -0.116. The van der Waals surface area contributed by atoms with Crippen LogP contribution in [0.3, 0.4) is 0 Å². The van der Waals surface area contributed by atoms with Crippen molar-refractivity contribution in [2.75, 3.05) is 6.54 Å². The fourth-order valence-electron chi connectivity index (χ4n) is 0.790. The van der Waals surface area contributed by atoms with Crippen LogP contribution >= 0.6 is 35.3 Å². The maximum atomic E-state index is 11.4. The molecule has 0 saturated heterocycles. The van der Waals surface area contributed by atoms with Crippen molar-refractivity contribution in [3.63, 3.8) is 0 Å². The number of nitrogens with one attached hydrogen (secondary N) is 1. The van der Waals surface area contributed by atoms with Gasteiger partial charge in [0.1, 0.15) is 0 Å². The van der Waals surface area contributed by atoms with Gasteiger partial charge in [-0.25, -0.2) is 0 Å². The van der Waals surface area contributed by atoms with Gasteiger partial charge in [-0.1, -0.05) is 11.6 Å². The van der Waals surface area contributed by atoms with E-state index in [1.54, 1.807) is 12.1 Å². The van der Waals surface area contributed by atoms with Gasteiger partial charge >= 0.3 is 0 Å². The Bertz CT molecular complexity index is 303. The molecule has 0 aliphatic heterocycles. The monoisotopic (exact) mass is 254 g/mol. The molecule has 3 N–H and O–H groups in total. The highest BCUT2D eigenvalue weighted by atomic mass is 35.5. The van der Waals surface area contributed by atoms with Crippen molar-refractivity contribution >= 4 is 41.3 Å². The SMILES string of the molecule is C[C@@H](CN)NC(=O)c1ccc(Cl)s1.Cl. The summed E-state index contributed by atoms with van der Waals surface area (Å²) >= 11 is 6.95. The molecule has 0 aliphatic carbocycles. The van der Waals surface area contributed by atoms with Gasteiger partial charge in [-0.3, -0.25) is 4.79 Å². The molecule has 0 spiro atoms. The second-order valence-electron chi connectivity index (χ2n) is 2.71. The van der Waals surface area contributed by atoms with Crippen molar-refractivity contribution in [1.29, 1.82) is 0 Å². The zero-order chi connectivity index (χ0) is 9.84. The molecule has 14 heavy (non-hydrogen) atoms. The zero-order valence-electron chi connectivity index (χ0n) is 7.62. The molecule has 3 nitrogen and oxygen atoms in total. The highest BCUT2D eigenvalue weighted by Crippen LogP contribution is 2.21. The molecule has 1 rings (SSSR count). The predicted molar refractivity (Wildman–Crippen MR) is 62.6 cm³/mol. The molecule has 0 saturated carbocycles. The van der Waals surface area contributed by atoms with Gasteiger partial charge in [0.2, 0.25) is 0 Å². The van der Waals surface area contributed by atoms with E-state index in [1.807, 2.05) is 6.92 Å². The summed E-state index contributed by atoms with van der Waals surface area (Å²) in [6.07, 6.45) is 0. The summed E-state index contributed by atoms with van der Waals surface area (Å²) in [6.45, 7) is 2.29. The van der Waals surface area contributed by atoms with Gasteiger partial charge in [0.15, 0.2) is 0 Å². The molecule has 0 fully saturated rings. The molecular formula is C8H12Cl2N2OS. The standard InChI is InChI=1S/C8H11ClN2OS.ClH/c1-5(4-10)11-8(12)6-2-3-7(9)13-6;/h2-3,5H,4,10H2,1H3,(H,11,12);1H/t5-;/m0./s1. The van der Waals surface area contributed by atoms with Crippen molar-refractivity contribution in [3.05, 3.63) is 21.3 Å². The fraction of sp³-hybridized carbons (Fsp3) is 0.375. The smallest absolute Gasteiger partial charge is 0.261 e. The van der Waals surface area contributed by atoms with Crippen LogP contribution in [0.2, 0.25) is 4.34 Å². The lowest BCUT2D eigenvalue weighted by molar-refractivity contribution is 0.0945. The Morgan fingerprint density at radius 2 is 2.36 bits per heavy atom. The molecular weight excluding hydrogens is 243 g/mol. The van der Waals surface area contributed by atoms with Crippen LogP contribution in [0.5, 0.6) is 0 Å². The molecule has 0 radical (unpaired) electrons. The molecule has 0 bridgehead atoms. The van der Waals surface area contributed by atoms with Crippen LogP contribution in [-0.4, -0.2) is 18.5 Å². The quantitative estimate of drug-likeness (QED) is 0.866. The molecule has 80 valence electrons. The number of nitrogens with two attached hydrogens (primary N) is 1. The summed E-state index contributed by atoms with van der Waals surface area (Å²) in [4.78, 5) is 12.0. The lowest BCUT2D eigenvalue weighted by Gasteiger charge is -2.09. The first-order valence-corrected chi connectivity index (χ1v) is 5.09. The number of amides is 1. The lowest BCUT2D eigenvalue weighted by atomic mass is 10.3. The number of rotatable bonds is 3. The minimum absolute atomic E-state index is 0. The third kappa shape index (κ3) is 3.84. The first kappa shape index (κ1) is 13.7. The molecule has 1 atom stereocenters. The summed E-state index contributed by atoms with van der Waals surface area (Å²) in [5.41, 5.74) is 5.37. The fourth-order valence-corrected chi connectivity index (χ4v) is 1.74. The molecule has 1 aromatic rings. The van der Waals surface area contributed by atoms with Gasteiger partial charge in [-0.15, -0.1) is 23.7 Å². The minimum Gasteiger partial charge on any atom is -0.348 e. The van der Waals surface area contributed by atoms with Crippen molar-refractivity contribution in [2.45, 2.75) is 13.0 Å². The van der Waals surface area contributed by atoms with Gasteiger partial charge in [0, 0.05) is 12.6 Å². The zero-order valence-corrected chi connectivity index (χ0v) is 10.0. The largest absolute Gasteiger partial charge is 0.348 e. The molecule has 0 aromatic carbocycles. The second-order valence-corrected chi connectivity index (χ2v) is 4.43. The van der Waals surface area contributed by atoms with Crippen LogP contribution in [0, 0.1) is 0 Å². The van der Waals surface area contributed by atoms with Gasteiger partial charge in [0.25, 0.3) is 5.91 Å². The van der Waals surface area contributed by atoms with Gasteiger partial charge in [0.05, 0.1) is 9.21 Å². The summed E-state index contributed by atoms with van der Waals surface area (Å²) in [5.74, 6) is -0.116. The summed E-state index contributed by atoms with van der Waals surface area (Å²) < 4.78 is 0.616. The molecule has 0 aliphatic rings.